The lowest BCUT2D eigenvalue weighted by Crippen LogP contribution is -2.24. The van der Waals surface area contributed by atoms with E-state index in [1.807, 2.05) is 18.2 Å². The Balaban J connectivity index is 1.66. The van der Waals surface area contributed by atoms with Gasteiger partial charge >= 0.3 is 5.69 Å². The summed E-state index contributed by atoms with van der Waals surface area (Å²) in [5.74, 6) is 0.00709. The smallest absolute Gasteiger partial charge is 0.307 e. The van der Waals surface area contributed by atoms with Gasteiger partial charge in [0.05, 0.1) is 11.5 Å². The van der Waals surface area contributed by atoms with Crippen LogP contribution in [0.5, 0.6) is 0 Å². The first kappa shape index (κ1) is 18.6. The van der Waals surface area contributed by atoms with E-state index in [1.165, 1.54) is 17.8 Å². The van der Waals surface area contributed by atoms with Crippen molar-refractivity contribution >= 4 is 29.0 Å². The van der Waals surface area contributed by atoms with E-state index in [0.29, 0.717) is 17.4 Å². The average molecular weight is 389 g/mol. The van der Waals surface area contributed by atoms with Crippen molar-refractivity contribution in [1.29, 1.82) is 0 Å². The number of rotatable bonds is 6. The van der Waals surface area contributed by atoms with E-state index in [1.54, 1.807) is 29.9 Å². The van der Waals surface area contributed by atoms with E-state index in [0.717, 1.165) is 5.56 Å². The van der Waals surface area contributed by atoms with Crippen molar-refractivity contribution in [3.63, 3.8) is 0 Å². The van der Waals surface area contributed by atoms with Gasteiger partial charge in [-0.15, -0.1) is 0 Å². The van der Waals surface area contributed by atoms with Crippen molar-refractivity contribution in [3.8, 4) is 0 Å². The van der Waals surface area contributed by atoms with Gasteiger partial charge in [0.15, 0.2) is 5.82 Å². The molecule has 0 fully saturated rings. The molecule has 0 aliphatic heterocycles. The number of aryl methyl sites for hydroxylation is 1. The first-order valence-electron chi connectivity index (χ1n) is 8.12. The predicted octanol–water partition coefficient (Wildman–Crippen LogP) is 3.20. The van der Waals surface area contributed by atoms with E-state index in [9.17, 15) is 14.9 Å². The zero-order valence-electron chi connectivity index (χ0n) is 14.7. The molecular weight excluding hydrogens is 372 g/mol. The largest absolute Gasteiger partial charge is 0.309 e. The second kappa shape index (κ2) is 7.58. The SMILES string of the molecule is Cc1nn(C(C)C(=O)Nc2ccn(Cc3cccc(Cl)c3)n2)cc1[N+](=O)[O-]. The molecule has 3 aromatic rings. The second-order valence-corrected chi connectivity index (χ2v) is 6.47. The van der Waals surface area contributed by atoms with Crippen LogP contribution in [0.1, 0.15) is 24.2 Å². The van der Waals surface area contributed by atoms with Gasteiger partial charge in [-0.2, -0.15) is 10.2 Å². The second-order valence-electron chi connectivity index (χ2n) is 6.03. The molecule has 27 heavy (non-hydrogen) atoms. The van der Waals surface area contributed by atoms with Crippen LogP contribution in [0, 0.1) is 17.0 Å². The molecule has 10 heteroatoms. The molecule has 1 aromatic carbocycles. The number of hydrogen-bond donors (Lipinski definition) is 1. The number of nitro groups is 1. The zero-order chi connectivity index (χ0) is 19.6. The highest BCUT2D eigenvalue weighted by Crippen LogP contribution is 2.19. The Bertz CT molecular complexity index is 996. The van der Waals surface area contributed by atoms with Crippen LogP contribution in [0.3, 0.4) is 0 Å². The van der Waals surface area contributed by atoms with Gasteiger partial charge < -0.3 is 5.32 Å². The normalized spacial score (nSPS) is 12.0. The third-order valence-corrected chi connectivity index (χ3v) is 4.22. The van der Waals surface area contributed by atoms with Crippen molar-refractivity contribution in [2.24, 2.45) is 0 Å². The summed E-state index contributed by atoms with van der Waals surface area (Å²) >= 11 is 5.97. The lowest BCUT2D eigenvalue weighted by atomic mass is 10.2. The molecule has 0 saturated heterocycles. The fourth-order valence-corrected chi connectivity index (χ4v) is 2.75. The van der Waals surface area contributed by atoms with Crippen molar-refractivity contribution < 1.29 is 9.72 Å². The molecule has 140 valence electrons. The van der Waals surface area contributed by atoms with Crippen LogP contribution in [0.25, 0.3) is 0 Å². The number of benzene rings is 1. The maximum absolute atomic E-state index is 12.4. The maximum atomic E-state index is 12.4. The van der Waals surface area contributed by atoms with Crippen LogP contribution >= 0.6 is 11.6 Å². The Morgan fingerprint density at radius 1 is 1.37 bits per heavy atom. The van der Waals surface area contributed by atoms with Crippen LogP contribution in [0.15, 0.2) is 42.7 Å². The summed E-state index contributed by atoms with van der Waals surface area (Å²) in [6.45, 7) is 3.64. The lowest BCUT2D eigenvalue weighted by molar-refractivity contribution is -0.385. The molecule has 0 aliphatic carbocycles. The van der Waals surface area contributed by atoms with Crippen LogP contribution in [0.2, 0.25) is 5.02 Å². The number of hydrogen-bond acceptors (Lipinski definition) is 5. The third-order valence-electron chi connectivity index (χ3n) is 3.99. The molecule has 0 spiro atoms. The van der Waals surface area contributed by atoms with Gasteiger partial charge in [0, 0.05) is 17.3 Å². The van der Waals surface area contributed by atoms with E-state index >= 15 is 0 Å². The minimum Gasteiger partial charge on any atom is -0.307 e. The number of halogens is 1. The maximum Gasteiger partial charge on any atom is 0.309 e. The molecule has 2 aromatic heterocycles. The highest BCUT2D eigenvalue weighted by Gasteiger charge is 2.22. The quantitative estimate of drug-likeness (QED) is 0.515. The Morgan fingerprint density at radius 3 is 2.81 bits per heavy atom. The first-order chi connectivity index (χ1) is 12.8. The molecule has 1 N–H and O–H groups in total. The monoisotopic (exact) mass is 388 g/mol. The molecule has 0 radical (unpaired) electrons. The van der Waals surface area contributed by atoms with E-state index in [4.69, 9.17) is 11.6 Å². The van der Waals surface area contributed by atoms with Gasteiger partial charge in [0.1, 0.15) is 17.9 Å². The highest BCUT2D eigenvalue weighted by molar-refractivity contribution is 6.30. The van der Waals surface area contributed by atoms with Gasteiger partial charge in [-0.3, -0.25) is 24.3 Å². The average Bonchev–Trinajstić information content (AvgIpc) is 3.20. The van der Waals surface area contributed by atoms with Crippen LogP contribution < -0.4 is 5.32 Å². The summed E-state index contributed by atoms with van der Waals surface area (Å²) in [5.41, 5.74) is 1.11. The number of nitrogens with one attached hydrogen (secondary N) is 1. The number of nitrogens with zero attached hydrogens (tertiary/aromatic N) is 5. The van der Waals surface area contributed by atoms with E-state index in [2.05, 4.69) is 15.5 Å². The summed E-state index contributed by atoms with van der Waals surface area (Å²) in [6.07, 6.45) is 2.99. The number of anilines is 1. The summed E-state index contributed by atoms with van der Waals surface area (Å²) < 4.78 is 2.95. The Kier molecular flexibility index (Phi) is 5.22. The van der Waals surface area contributed by atoms with Gasteiger partial charge in [0.25, 0.3) is 0 Å². The molecule has 3 rings (SSSR count). The standard InChI is InChI=1S/C17H17ClN6O3/c1-11-15(24(26)27)10-23(20-11)12(2)17(25)19-16-6-7-22(21-16)9-13-4-3-5-14(18)8-13/h3-8,10,12H,9H2,1-2H3,(H,19,21,25). The molecule has 1 amide bonds. The summed E-state index contributed by atoms with van der Waals surface area (Å²) in [7, 11) is 0. The summed E-state index contributed by atoms with van der Waals surface area (Å²) in [4.78, 5) is 22.8. The molecule has 0 saturated carbocycles. The van der Waals surface area contributed by atoms with Crippen molar-refractivity contribution in [2.45, 2.75) is 26.4 Å². The molecule has 2 heterocycles. The number of amides is 1. The third kappa shape index (κ3) is 4.32. The lowest BCUT2D eigenvalue weighted by Gasteiger charge is -2.10. The zero-order valence-corrected chi connectivity index (χ0v) is 15.4. The van der Waals surface area contributed by atoms with Crippen molar-refractivity contribution in [2.75, 3.05) is 5.32 Å². The fraction of sp³-hybridized carbons (Fsp3) is 0.235. The van der Waals surface area contributed by atoms with Gasteiger partial charge in [-0.05, 0) is 31.5 Å². The van der Waals surface area contributed by atoms with Gasteiger partial charge in [-0.1, -0.05) is 23.7 Å². The summed E-state index contributed by atoms with van der Waals surface area (Å²) in [6, 6.07) is 8.37. The fourth-order valence-electron chi connectivity index (χ4n) is 2.54. The van der Waals surface area contributed by atoms with Gasteiger partial charge in [0.2, 0.25) is 5.91 Å². The van der Waals surface area contributed by atoms with Crippen molar-refractivity contribution in [1.82, 2.24) is 19.6 Å². The first-order valence-corrected chi connectivity index (χ1v) is 8.50. The van der Waals surface area contributed by atoms with Gasteiger partial charge in [-0.25, -0.2) is 0 Å². The van der Waals surface area contributed by atoms with E-state index < -0.39 is 11.0 Å². The molecule has 1 unspecified atom stereocenters. The molecule has 1 atom stereocenters. The number of carbonyl (C=O) groups excluding carboxylic acids is 1. The minimum atomic E-state index is -0.726. The minimum absolute atomic E-state index is 0.125. The highest BCUT2D eigenvalue weighted by atomic mass is 35.5. The van der Waals surface area contributed by atoms with Crippen LogP contribution in [-0.2, 0) is 11.3 Å². The number of aromatic nitrogens is 4. The summed E-state index contributed by atoms with van der Waals surface area (Å²) in [5, 5.41) is 22.6. The molecule has 0 aliphatic rings. The topological polar surface area (TPSA) is 108 Å². The van der Waals surface area contributed by atoms with Crippen molar-refractivity contribution in [3.05, 3.63) is 69.1 Å². The predicted molar refractivity (Wildman–Crippen MR) is 99.7 cm³/mol. The van der Waals surface area contributed by atoms with E-state index in [-0.39, 0.29) is 17.3 Å². The number of carbonyl (C=O) groups is 1. The van der Waals surface area contributed by atoms with Crippen LogP contribution in [-0.4, -0.2) is 30.4 Å². The molecule has 9 nitrogen and oxygen atoms in total. The molecular formula is C17H17ClN6O3. The van der Waals surface area contributed by atoms with Crippen LogP contribution in [0.4, 0.5) is 11.5 Å². The Labute approximate surface area is 159 Å². The molecule has 0 bridgehead atoms. The Hall–Kier alpha value is -3.20. The Morgan fingerprint density at radius 2 is 2.15 bits per heavy atom.